The number of ether oxygens (including phenoxy) is 2. The number of aryl methyl sites for hydroxylation is 2. The maximum Gasteiger partial charge on any atom is 0.241 e. The summed E-state index contributed by atoms with van der Waals surface area (Å²) in [6, 6.07) is 13.4. The quantitative estimate of drug-likeness (QED) is 0.454. The number of carbonyl (C=O) groups is 1. The highest BCUT2D eigenvalue weighted by Crippen LogP contribution is 2.37. The molecule has 0 radical (unpaired) electrons. The zero-order valence-electron chi connectivity index (χ0n) is 23.2. The lowest BCUT2D eigenvalue weighted by molar-refractivity contribution is -0.207. The maximum absolute atomic E-state index is 12.6. The van der Waals surface area contributed by atoms with E-state index in [9.17, 15) is 21.6 Å². The maximum atomic E-state index is 12.6. The molecule has 1 aliphatic carbocycles. The van der Waals surface area contributed by atoms with Crippen molar-refractivity contribution in [3.05, 3.63) is 59.7 Å². The molecule has 4 atom stereocenters. The Kier molecular flexibility index (Phi) is 10.5. The van der Waals surface area contributed by atoms with E-state index in [1.807, 2.05) is 26.0 Å². The third-order valence-corrected chi connectivity index (χ3v) is 10.2. The zero-order chi connectivity index (χ0) is 28.8. The SMILES string of the molecule is COC1CCC2C(NS(=O)(=O)c3ccc(C)cc3)CCCC2O1.Cc1ccc(S(=O)(=O)NC(C)(C)C=O)cc1. The molecule has 11 heteroatoms. The van der Waals surface area contributed by atoms with Crippen molar-refractivity contribution in [2.45, 2.75) is 93.6 Å². The molecule has 0 bridgehead atoms. The Morgan fingerprint density at radius 2 is 1.38 bits per heavy atom. The Balaban J connectivity index is 0.000000231. The number of fused-ring (bicyclic) bond motifs is 1. The normalized spacial score (nSPS) is 23.7. The summed E-state index contributed by atoms with van der Waals surface area (Å²) in [7, 11) is -5.45. The Labute approximate surface area is 232 Å². The Bertz CT molecular complexity index is 1310. The number of methoxy groups -OCH3 is 1. The minimum absolute atomic E-state index is 0.0575. The van der Waals surface area contributed by atoms with Crippen LogP contribution in [0.4, 0.5) is 0 Å². The number of rotatable bonds is 8. The summed E-state index contributed by atoms with van der Waals surface area (Å²) in [5.41, 5.74) is 0.936. The molecule has 2 N–H and O–H groups in total. The molecule has 2 aromatic rings. The second-order valence-corrected chi connectivity index (χ2v) is 14.2. The molecule has 9 nitrogen and oxygen atoms in total. The third kappa shape index (κ3) is 8.67. The molecule has 0 aromatic heterocycles. The summed E-state index contributed by atoms with van der Waals surface area (Å²) >= 11 is 0. The first-order chi connectivity index (χ1) is 18.3. The average Bonchev–Trinajstić information content (AvgIpc) is 2.88. The largest absolute Gasteiger partial charge is 0.356 e. The molecule has 0 spiro atoms. The van der Waals surface area contributed by atoms with Crippen LogP contribution < -0.4 is 9.44 Å². The molecule has 2 fully saturated rings. The minimum atomic E-state index is -3.63. The summed E-state index contributed by atoms with van der Waals surface area (Å²) in [6.45, 7) is 6.83. The molecule has 39 heavy (non-hydrogen) atoms. The van der Waals surface area contributed by atoms with Crippen LogP contribution in [0.2, 0.25) is 0 Å². The second-order valence-electron chi connectivity index (χ2n) is 10.8. The van der Waals surface area contributed by atoms with Crippen LogP contribution in [-0.4, -0.2) is 54.2 Å². The predicted octanol–water partition coefficient (Wildman–Crippen LogP) is 3.84. The molecular formula is C28H40N2O7S2. The molecule has 4 rings (SSSR count). The minimum Gasteiger partial charge on any atom is -0.356 e. The first kappa shape index (κ1) is 31.4. The van der Waals surface area contributed by atoms with Crippen LogP contribution in [0, 0.1) is 19.8 Å². The Morgan fingerprint density at radius 3 is 1.90 bits per heavy atom. The van der Waals surface area contributed by atoms with Gasteiger partial charge in [0.15, 0.2) is 6.29 Å². The lowest BCUT2D eigenvalue weighted by Crippen LogP contribution is -2.51. The van der Waals surface area contributed by atoms with E-state index in [0.29, 0.717) is 11.2 Å². The van der Waals surface area contributed by atoms with Crippen LogP contribution in [0.5, 0.6) is 0 Å². The molecule has 1 saturated carbocycles. The van der Waals surface area contributed by atoms with Gasteiger partial charge in [0.2, 0.25) is 20.0 Å². The number of aldehydes is 1. The topological polar surface area (TPSA) is 128 Å². The summed E-state index contributed by atoms with van der Waals surface area (Å²) < 4.78 is 65.4. The third-order valence-electron chi connectivity index (χ3n) is 6.98. The number of nitrogens with one attached hydrogen (secondary N) is 2. The van der Waals surface area contributed by atoms with E-state index in [-0.39, 0.29) is 29.2 Å². The number of carbonyl (C=O) groups excluding carboxylic acids is 1. The molecule has 216 valence electrons. The molecule has 2 aliphatic rings. The van der Waals surface area contributed by atoms with Crippen molar-refractivity contribution in [1.29, 1.82) is 0 Å². The molecule has 4 unspecified atom stereocenters. The van der Waals surface area contributed by atoms with E-state index < -0.39 is 25.6 Å². The molecule has 2 aromatic carbocycles. The predicted molar refractivity (Wildman–Crippen MR) is 149 cm³/mol. The van der Waals surface area contributed by atoms with Crippen molar-refractivity contribution < 1.29 is 31.1 Å². The van der Waals surface area contributed by atoms with Gasteiger partial charge in [-0.05, 0) is 84.1 Å². The van der Waals surface area contributed by atoms with Crippen molar-refractivity contribution >= 4 is 26.3 Å². The summed E-state index contributed by atoms with van der Waals surface area (Å²) in [4.78, 5) is 11.2. The lowest BCUT2D eigenvalue weighted by atomic mass is 9.78. The van der Waals surface area contributed by atoms with Crippen LogP contribution in [0.3, 0.4) is 0 Å². The van der Waals surface area contributed by atoms with E-state index in [2.05, 4.69) is 9.44 Å². The monoisotopic (exact) mass is 580 g/mol. The van der Waals surface area contributed by atoms with Gasteiger partial charge < -0.3 is 14.3 Å². The van der Waals surface area contributed by atoms with Crippen molar-refractivity contribution in [1.82, 2.24) is 9.44 Å². The van der Waals surface area contributed by atoms with Gasteiger partial charge in [-0.15, -0.1) is 0 Å². The van der Waals surface area contributed by atoms with E-state index in [1.54, 1.807) is 31.4 Å². The van der Waals surface area contributed by atoms with Crippen molar-refractivity contribution in [2.24, 2.45) is 5.92 Å². The summed E-state index contributed by atoms with van der Waals surface area (Å²) in [5.74, 6) is 0.232. The highest BCUT2D eigenvalue weighted by atomic mass is 32.2. The highest BCUT2D eigenvalue weighted by Gasteiger charge is 2.40. The van der Waals surface area contributed by atoms with E-state index in [1.165, 1.54) is 26.0 Å². The van der Waals surface area contributed by atoms with Gasteiger partial charge in [0.05, 0.1) is 21.4 Å². The zero-order valence-corrected chi connectivity index (χ0v) is 24.8. The van der Waals surface area contributed by atoms with E-state index >= 15 is 0 Å². The van der Waals surface area contributed by atoms with Gasteiger partial charge in [0.1, 0.15) is 6.29 Å². The van der Waals surface area contributed by atoms with Gasteiger partial charge in [0.25, 0.3) is 0 Å². The smallest absolute Gasteiger partial charge is 0.241 e. The number of sulfonamides is 2. The lowest BCUT2D eigenvalue weighted by Gasteiger charge is -2.43. The fraction of sp³-hybridized carbons (Fsp3) is 0.536. The average molecular weight is 581 g/mol. The fourth-order valence-electron chi connectivity index (χ4n) is 4.82. The van der Waals surface area contributed by atoms with E-state index in [0.717, 1.165) is 43.2 Å². The highest BCUT2D eigenvalue weighted by molar-refractivity contribution is 7.89. The molecular weight excluding hydrogens is 540 g/mol. The Morgan fingerprint density at radius 1 is 0.846 bits per heavy atom. The first-order valence-electron chi connectivity index (χ1n) is 13.1. The summed E-state index contributed by atoms with van der Waals surface area (Å²) in [5, 5.41) is 0. The molecule has 1 heterocycles. The first-order valence-corrected chi connectivity index (χ1v) is 16.1. The molecule has 0 amide bonds. The van der Waals surface area contributed by atoms with Gasteiger partial charge in [-0.3, -0.25) is 0 Å². The second kappa shape index (κ2) is 13.0. The molecule has 1 aliphatic heterocycles. The standard InChI is InChI=1S/C17H25NO4S.C11H15NO3S/c1-12-6-8-13(9-7-12)23(19,20)18-15-4-3-5-16-14(15)10-11-17(21-2)22-16;1-9-4-6-10(7-5-9)16(14,15)12-11(2,3)8-13/h6-9,14-18H,3-5,10-11H2,1-2H3;4-8,12H,1-3H3. The van der Waals surface area contributed by atoms with Crippen molar-refractivity contribution in [3.63, 3.8) is 0 Å². The Hall–Kier alpha value is -2.15. The van der Waals surface area contributed by atoms with Crippen LogP contribution in [0.1, 0.15) is 57.1 Å². The van der Waals surface area contributed by atoms with Crippen LogP contribution in [0.15, 0.2) is 58.3 Å². The summed E-state index contributed by atoms with van der Waals surface area (Å²) in [6.07, 6.45) is 5.08. The van der Waals surface area contributed by atoms with Crippen molar-refractivity contribution in [3.8, 4) is 0 Å². The van der Waals surface area contributed by atoms with Gasteiger partial charge in [0, 0.05) is 19.1 Å². The van der Waals surface area contributed by atoms with Gasteiger partial charge in [-0.1, -0.05) is 35.4 Å². The van der Waals surface area contributed by atoms with Crippen LogP contribution >= 0.6 is 0 Å². The number of hydrogen-bond donors (Lipinski definition) is 2. The molecule has 1 saturated heterocycles. The van der Waals surface area contributed by atoms with Crippen LogP contribution in [-0.2, 0) is 34.3 Å². The van der Waals surface area contributed by atoms with Gasteiger partial charge >= 0.3 is 0 Å². The van der Waals surface area contributed by atoms with Gasteiger partial charge in [-0.2, -0.15) is 4.72 Å². The van der Waals surface area contributed by atoms with E-state index in [4.69, 9.17) is 9.47 Å². The van der Waals surface area contributed by atoms with Crippen molar-refractivity contribution in [2.75, 3.05) is 7.11 Å². The van der Waals surface area contributed by atoms with Crippen LogP contribution in [0.25, 0.3) is 0 Å². The van der Waals surface area contributed by atoms with Gasteiger partial charge in [-0.25, -0.2) is 21.6 Å². The fourth-order valence-corrected chi connectivity index (χ4v) is 7.50. The number of benzene rings is 2. The number of hydrogen-bond acceptors (Lipinski definition) is 7.